The van der Waals surface area contributed by atoms with Gasteiger partial charge in [0.25, 0.3) is 5.82 Å². The third kappa shape index (κ3) is 4.32. The molecule has 164 valence electrons. The van der Waals surface area contributed by atoms with E-state index in [1.807, 2.05) is 41.9 Å². The summed E-state index contributed by atoms with van der Waals surface area (Å²) in [7, 11) is 2.00. The van der Waals surface area contributed by atoms with E-state index in [0.29, 0.717) is 17.8 Å². The molecule has 0 radical (unpaired) electrons. The first-order chi connectivity index (χ1) is 14.8. The first-order valence-corrected chi connectivity index (χ1v) is 11.3. The summed E-state index contributed by atoms with van der Waals surface area (Å²) in [5.74, 6) is 2.46. The molecule has 0 unspecified atom stereocenters. The van der Waals surface area contributed by atoms with E-state index in [9.17, 15) is 9.90 Å². The zero-order chi connectivity index (χ0) is 22.1. The average Bonchev–Trinajstić information content (AvgIpc) is 3.00. The Kier molecular flexibility index (Phi) is 6.03. The largest absolute Gasteiger partial charge is 0.508 e. The van der Waals surface area contributed by atoms with Crippen LogP contribution >= 0.6 is 0 Å². The second kappa shape index (κ2) is 8.74. The number of benzene rings is 2. The van der Waals surface area contributed by atoms with Crippen molar-refractivity contribution in [2.75, 3.05) is 0 Å². The summed E-state index contributed by atoms with van der Waals surface area (Å²) < 4.78 is 10.2. The quantitative estimate of drug-likeness (QED) is 0.474. The van der Waals surface area contributed by atoms with Gasteiger partial charge in [-0.3, -0.25) is 0 Å². The predicted molar refractivity (Wildman–Crippen MR) is 121 cm³/mol. The molecule has 1 saturated carbocycles. The van der Waals surface area contributed by atoms with Crippen molar-refractivity contribution in [3.05, 3.63) is 48.5 Å². The highest BCUT2D eigenvalue weighted by molar-refractivity contribution is 5.79. The minimum absolute atomic E-state index is 0.0102. The van der Waals surface area contributed by atoms with Crippen LogP contribution < -0.4 is 4.57 Å². The third-order valence-electron chi connectivity index (χ3n) is 6.76. The fourth-order valence-corrected chi connectivity index (χ4v) is 5.09. The second-order valence-electron chi connectivity index (χ2n) is 9.36. The van der Waals surface area contributed by atoms with Crippen LogP contribution in [-0.4, -0.2) is 21.7 Å². The Morgan fingerprint density at radius 3 is 2.58 bits per heavy atom. The number of imidazole rings is 1. The van der Waals surface area contributed by atoms with Crippen molar-refractivity contribution in [1.82, 2.24) is 4.57 Å². The summed E-state index contributed by atoms with van der Waals surface area (Å²) in [4.78, 5) is 13.2. The molecule has 2 aromatic carbocycles. The number of para-hydroxylation sites is 2. The molecule has 1 aliphatic rings. The second-order valence-corrected chi connectivity index (χ2v) is 9.36. The van der Waals surface area contributed by atoms with Crippen molar-refractivity contribution in [3.8, 4) is 17.1 Å². The van der Waals surface area contributed by atoms with Crippen LogP contribution in [0.15, 0.2) is 48.5 Å². The molecule has 5 nitrogen and oxygen atoms in total. The van der Waals surface area contributed by atoms with Gasteiger partial charge in [0.15, 0.2) is 17.6 Å². The Hall–Kier alpha value is -2.82. The van der Waals surface area contributed by atoms with Crippen LogP contribution in [0.3, 0.4) is 0 Å². The Labute approximate surface area is 184 Å². The Bertz CT molecular complexity index is 1070. The van der Waals surface area contributed by atoms with Gasteiger partial charge in [-0.05, 0) is 67.0 Å². The van der Waals surface area contributed by atoms with E-state index in [4.69, 9.17) is 4.74 Å². The molecule has 5 heteroatoms. The summed E-state index contributed by atoms with van der Waals surface area (Å²) in [5.41, 5.74) is 2.97. The van der Waals surface area contributed by atoms with E-state index in [1.165, 1.54) is 6.42 Å². The van der Waals surface area contributed by atoms with Gasteiger partial charge < -0.3 is 9.84 Å². The van der Waals surface area contributed by atoms with E-state index in [2.05, 4.69) is 31.4 Å². The minimum atomic E-state index is -0.189. The lowest BCUT2D eigenvalue weighted by molar-refractivity contribution is -0.634. The molecule has 4 rings (SSSR count). The molecular weight excluding hydrogens is 388 g/mol. The molecule has 1 fully saturated rings. The highest BCUT2D eigenvalue weighted by atomic mass is 16.5. The number of fused-ring (bicyclic) bond motifs is 1. The first-order valence-electron chi connectivity index (χ1n) is 11.3. The topological polar surface area (TPSA) is 55.3 Å². The molecule has 0 spiro atoms. The zero-order valence-electron chi connectivity index (χ0n) is 18.9. The molecule has 3 aromatic rings. The summed E-state index contributed by atoms with van der Waals surface area (Å²) in [6.07, 6.45) is 3.26. The van der Waals surface area contributed by atoms with Crippen LogP contribution in [0.4, 0.5) is 0 Å². The van der Waals surface area contributed by atoms with Gasteiger partial charge in [0.1, 0.15) is 11.9 Å². The van der Waals surface area contributed by atoms with Crippen LogP contribution in [-0.2, 0) is 23.1 Å². The van der Waals surface area contributed by atoms with Crippen LogP contribution in [0, 0.1) is 17.8 Å². The van der Waals surface area contributed by atoms with Crippen molar-refractivity contribution in [1.29, 1.82) is 0 Å². The van der Waals surface area contributed by atoms with E-state index in [-0.39, 0.29) is 24.4 Å². The summed E-state index contributed by atoms with van der Waals surface area (Å²) in [5, 5.41) is 9.71. The Morgan fingerprint density at radius 2 is 1.87 bits per heavy atom. The number of carbonyl (C=O) groups is 1. The van der Waals surface area contributed by atoms with Crippen LogP contribution in [0.5, 0.6) is 5.75 Å². The normalized spacial score (nSPS) is 21.5. The predicted octanol–water partition coefficient (Wildman–Crippen LogP) is 4.84. The monoisotopic (exact) mass is 421 g/mol. The minimum Gasteiger partial charge on any atom is -0.508 e. The van der Waals surface area contributed by atoms with E-state index >= 15 is 0 Å². The molecule has 3 atom stereocenters. The summed E-state index contributed by atoms with van der Waals surface area (Å²) >= 11 is 0. The van der Waals surface area contributed by atoms with Crippen LogP contribution in [0.1, 0.15) is 40.0 Å². The lowest BCUT2D eigenvalue weighted by Gasteiger charge is -2.36. The van der Waals surface area contributed by atoms with Crippen LogP contribution in [0.2, 0.25) is 0 Å². The lowest BCUT2D eigenvalue weighted by Crippen LogP contribution is -2.37. The van der Waals surface area contributed by atoms with Gasteiger partial charge >= 0.3 is 5.97 Å². The molecule has 1 N–H and O–H groups in total. The van der Waals surface area contributed by atoms with Crippen molar-refractivity contribution in [2.24, 2.45) is 24.8 Å². The third-order valence-corrected chi connectivity index (χ3v) is 6.76. The SMILES string of the molecule is CC(C)[C@@H]1CC[C@@H](C)C[C@H]1OC(=O)Cn1c(-c2ccc(O)cc2)[n+](C)c2ccccc21. The molecule has 1 aliphatic carbocycles. The molecule has 0 saturated heterocycles. The number of ether oxygens (including phenoxy) is 1. The van der Waals surface area contributed by atoms with Gasteiger partial charge in [-0.15, -0.1) is 0 Å². The van der Waals surface area contributed by atoms with E-state index < -0.39 is 0 Å². The van der Waals surface area contributed by atoms with Gasteiger partial charge in [0.05, 0.1) is 12.6 Å². The zero-order valence-corrected chi connectivity index (χ0v) is 18.9. The van der Waals surface area contributed by atoms with Crippen LogP contribution in [0.25, 0.3) is 22.4 Å². The number of rotatable bonds is 5. The van der Waals surface area contributed by atoms with Crippen molar-refractivity contribution in [3.63, 3.8) is 0 Å². The number of aryl methyl sites for hydroxylation is 1. The highest BCUT2D eigenvalue weighted by Gasteiger charge is 2.34. The standard InChI is InChI=1S/C26H32N2O3/c1-17(2)21-14-9-18(3)15-24(21)31-25(30)16-28-23-8-6-5-7-22(23)27(4)26(28)19-10-12-20(29)13-11-19/h5-8,10-13,17-18,21,24H,9,14-16H2,1-4H3/p+1/t18-,21+,24-/m1/s1. The summed E-state index contributed by atoms with van der Waals surface area (Å²) in [6, 6.07) is 15.2. The molecule has 0 aliphatic heterocycles. The maximum Gasteiger partial charge on any atom is 0.348 e. The highest BCUT2D eigenvalue weighted by Crippen LogP contribution is 2.35. The molecule has 31 heavy (non-hydrogen) atoms. The van der Waals surface area contributed by atoms with Crippen molar-refractivity contribution >= 4 is 17.0 Å². The number of aromatic nitrogens is 2. The van der Waals surface area contributed by atoms with Crippen molar-refractivity contribution in [2.45, 2.75) is 52.7 Å². The maximum absolute atomic E-state index is 13.2. The van der Waals surface area contributed by atoms with Gasteiger partial charge in [-0.25, -0.2) is 13.9 Å². The van der Waals surface area contributed by atoms with Crippen molar-refractivity contribution < 1.29 is 19.2 Å². The Morgan fingerprint density at radius 1 is 1.16 bits per heavy atom. The van der Waals surface area contributed by atoms with E-state index in [0.717, 1.165) is 35.3 Å². The van der Waals surface area contributed by atoms with Gasteiger partial charge in [0, 0.05) is 0 Å². The number of aromatic hydroxyl groups is 1. The molecule has 1 heterocycles. The number of phenolic OH excluding ortho intramolecular Hbond substituents is 1. The smallest absolute Gasteiger partial charge is 0.348 e. The van der Waals surface area contributed by atoms with Gasteiger partial charge in [-0.2, -0.15) is 0 Å². The fraction of sp³-hybridized carbons (Fsp3) is 0.462. The maximum atomic E-state index is 13.2. The Balaban J connectivity index is 1.67. The molecule has 1 aromatic heterocycles. The summed E-state index contributed by atoms with van der Waals surface area (Å²) in [6.45, 7) is 6.86. The number of phenols is 1. The number of esters is 1. The fourth-order valence-electron chi connectivity index (χ4n) is 5.09. The average molecular weight is 422 g/mol. The number of hydrogen-bond donors (Lipinski definition) is 1. The van der Waals surface area contributed by atoms with Gasteiger partial charge in [0.2, 0.25) is 0 Å². The number of carbonyl (C=O) groups excluding carboxylic acids is 1. The lowest BCUT2D eigenvalue weighted by atomic mass is 9.75. The molecule has 0 amide bonds. The van der Waals surface area contributed by atoms with E-state index in [1.54, 1.807) is 12.1 Å². The molecule has 0 bridgehead atoms. The number of nitrogens with zero attached hydrogens (tertiary/aromatic N) is 2. The number of hydrogen-bond acceptors (Lipinski definition) is 3. The molecular formula is C26H33N2O3+. The van der Waals surface area contributed by atoms with Gasteiger partial charge in [-0.1, -0.05) is 39.3 Å². The first kappa shape index (κ1) is 21.4.